The molecule has 0 aliphatic carbocycles. The number of benzene rings is 2. The number of thioether (sulfide) groups is 1. The van der Waals surface area contributed by atoms with Gasteiger partial charge in [0.2, 0.25) is 11.1 Å². The second kappa shape index (κ2) is 8.73. The van der Waals surface area contributed by atoms with E-state index >= 15 is 0 Å². The summed E-state index contributed by atoms with van der Waals surface area (Å²) in [4.78, 5) is 4.37. The Kier molecular flexibility index (Phi) is 6.14. The first-order valence-electron chi connectivity index (χ1n) is 7.88. The summed E-state index contributed by atoms with van der Waals surface area (Å²) in [6, 6.07) is 15.4. The highest BCUT2D eigenvalue weighted by molar-refractivity contribution is 7.98. The third-order valence-electron chi connectivity index (χ3n) is 3.56. The predicted molar refractivity (Wildman–Crippen MR) is 106 cm³/mol. The van der Waals surface area contributed by atoms with E-state index in [4.69, 9.17) is 16.3 Å². The van der Waals surface area contributed by atoms with Crippen molar-refractivity contribution in [3.63, 3.8) is 0 Å². The second-order valence-electron chi connectivity index (χ2n) is 5.42. The van der Waals surface area contributed by atoms with E-state index in [9.17, 15) is 0 Å². The highest BCUT2D eigenvalue weighted by Crippen LogP contribution is 2.21. The number of H-pyrrole nitrogens is 1. The minimum Gasteiger partial charge on any atom is -0.497 e. The monoisotopic (exact) mass is 387 g/mol. The number of ether oxygens (including phenoxy) is 1. The number of nitrogens with one attached hydrogen (secondary N) is 2. The van der Waals surface area contributed by atoms with Crippen LogP contribution in [0.1, 0.15) is 18.1 Å². The second-order valence-corrected chi connectivity index (χ2v) is 6.80. The number of hydrogen-bond donors (Lipinski definition) is 2. The highest BCUT2D eigenvalue weighted by Gasteiger charge is 2.05. The zero-order valence-corrected chi connectivity index (χ0v) is 15.9. The Hall–Kier alpha value is -2.51. The van der Waals surface area contributed by atoms with Gasteiger partial charge in [-0.05, 0) is 36.8 Å². The number of rotatable bonds is 7. The molecule has 2 aromatic carbocycles. The predicted octanol–water partition coefficient (Wildman–Crippen LogP) is 4.60. The van der Waals surface area contributed by atoms with Gasteiger partial charge in [-0.2, -0.15) is 10.1 Å². The van der Waals surface area contributed by atoms with Crippen LogP contribution in [0.15, 0.2) is 58.8 Å². The van der Waals surface area contributed by atoms with Crippen molar-refractivity contribution in [2.75, 3.05) is 12.5 Å². The van der Waals surface area contributed by atoms with Crippen LogP contribution in [-0.4, -0.2) is 28.0 Å². The molecule has 0 radical (unpaired) electrons. The molecule has 1 heterocycles. The SMILES string of the molecule is COc1cccc(/C(C)=N/Nc2nc(SCc3ccc(Cl)cc3)n[nH]2)c1. The lowest BCUT2D eigenvalue weighted by Gasteiger charge is -2.04. The summed E-state index contributed by atoms with van der Waals surface area (Å²) in [6.45, 7) is 1.91. The standard InChI is InChI=1S/C18H18ClN5OS/c1-12(14-4-3-5-16(10-14)25-2)21-22-17-20-18(24-23-17)26-11-13-6-8-15(19)9-7-13/h3-10H,11H2,1-2H3,(H2,20,22,23,24)/b21-12+. The molecule has 26 heavy (non-hydrogen) atoms. The lowest BCUT2D eigenvalue weighted by molar-refractivity contribution is 0.414. The molecule has 1 aromatic heterocycles. The summed E-state index contributed by atoms with van der Waals surface area (Å²) < 4.78 is 5.23. The van der Waals surface area contributed by atoms with Crippen molar-refractivity contribution in [3.8, 4) is 5.75 Å². The van der Waals surface area contributed by atoms with Gasteiger partial charge in [0.15, 0.2) is 0 Å². The zero-order valence-electron chi connectivity index (χ0n) is 14.4. The van der Waals surface area contributed by atoms with E-state index in [-0.39, 0.29) is 0 Å². The number of methoxy groups -OCH3 is 1. The summed E-state index contributed by atoms with van der Waals surface area (Å²) in [5.74, 6) is 2.05. The third kappa shape index (κ3) is 5.00. The van der Waals surface area contributed by atoms with Gasteiger partial charge in [-0.15, -0.1) is 5.10 Å². The molecule has 0 saturated heterocycles. The summed E-state index contributed by atoms with van der Waals surface area (Å²) in [6.07, 6.45) is 0. The van der Waals surface area contributed by atoms with Gasteiger partial charge in [-0.1, -0.05) is 47.6 Å². The summed E-state index contributed by atoms with van der Waals surface area (Å²) in [7, 11) is 1.64. The van der Waals surface area contributed by atoms with Crippen LogP contribution in [0.5, 0.6) is 5.75 Å². The molecule has 3 aromatic rings. The molecule has 0 aliphatic rings. The molecule has 6 nitrogen and oxygen atoms in total. The number of aromatic amines is 1. The number of anilines is 1. The van der Waals surface area contributed by atoms with E-state index in [2.05, 4.69) is 25.7 Å². The maximum atomic E-state index is 5.89. The molecule has 0 saturated carbocycles. The van der Waals surface area contributed by atoms with Gasteiger partial charge >= 0.3 is 0 Å². The molecule has 0 spiro atoms. The molecule has 0 aliphatic heterocycles. The van der Waals surface area contributed by atoms with Gasteiger partial charge in [0.1, 0.15) is 5.75 Å². The van der Waals surface area contributed by atoms with Crippen molar-refractivity contribution in [1.82, 2.24) is 15.2 Å². The first-order chi connectivity index (χ1) is 12.6. The largest absolute Gasteiger partial charge is 0.497 e. The molecular weight excluding hydrogens is 370 g/mol. The molecule has 2 N–H and O–H groups in total. The Labute approximate surface area is 161 Å². The van der Waals surface area contributed by atoms with Crippen molar-refractivity contribution in [1.29, 1.82) is 0 Å². The molecule has 0 atom stereocenters. The van der Waals surface area contributed by atoms with Crippen molar-refractivity contribution in [3.05, 3.63) is 64.7 Å². The van der Waals surface area contributed by atoms with Gasteiger partial charge in [0.05, 0.1) is 12.8 Å². The lowest BCUT2D eigenvalue weighted by atomic mass is 10.1. The van der Waals surface area contributed by atoms with Crippen molar-refractivity contribution in [2.24, 2.45) is 5.10 Å². The molecule has 0 bridgehead atoms. The van der Waals surface area contributed by atoms with Gasteiger partial charge in [0, 0.05) is 16.3 Å². The van der Waals surface area contributed by atoms with Crippen molar-refractivity contribution in [2.45, 2.75) is 17.8 Å². The first-order valence-corrected chi connectivity index (χ1v) is 9.25. The fourth-order valence-electron chi connectivity index (χ4n) is 2.14. The number of aromatic nitrogens is 3. The Balaban J connectivity index is 1.58. The Morgan fingerprint density at radius 1 is 1.27 bits per heavy atom. The molecule has 134 valence electrons. The van der Waals surface area contributed by atoms with Crippen LogP contribution >= 0.6 is 23.4 Å². The van der Waals surface area contributed by atoms with Crippen LogP contribution in [0.3, 0.4) is 0 Å². The maximum Gasteiger partial charge on any atom is 0.240 e. The topological polar surface area (TPSA) is 75.2 Å². The maximum absolute atomic E-state index is 5.89. The molecular formula is C18H18ClN5OS. The van der Waals surface area contributed by atoms with E-state index in [1.54, 1.807) is 7.11 Å². The van der Waals surface area contributed by atoms with Crippen LogP contribution in [0.25, 0.3) is 0 Å². The van der Waals surface area contributed by atoms with Crippen molar-refractivity contribution >= 4 is 35.0 Å². The van der Waals surface area contributed by atoms with E-state index in [1.165, 1.54) is 11.8 Å². The minimum atomic E-state index is 0.492. The van der Waals surface area contributed by atoms with Gasteiger partial charge < -0.3 is 4.74 Å². The summed E-state index contributed by atoms with van der Waals surface area (Å²) >= 11 is 7.42. The van der Waals surface area contributed by atoms with Gasteiger partial charge in [-0.3, -0.25) is 0 Å². The van der Waals surface area contributed by atoms with Crippen LogP contribution in [0.4, 0.5) is 5.95 Å². The number of hydrazone groups is 1. The number of hydrogen-bond acceptors (Lipinski definition) is 6. The smallest absolute Gasteiger partial charge is 0.240 e. The molecule has 0 amide bonds. The van der Waals surface area contributed by atoms with E-state index < -0.39 is 0 Å². The number of nitrogens with zero attached hydrogens (tertiary/aromatic N) is 3. The zero-order chi connectivity index (χ0) is 18.4. The van der Waals surface area contributed by atoms with E-state index in [1.807, 2.05) is 55.5 Å². The van der Waals surface area contributed by atoms with Crippen molar-refractivity contribution < 1.29 is 4.74 Å². The Morgan fingerprint density at radius 3 is 2.85 bits per heavy atom. The quantitative estimate of drug-likeness (QED) is 0.352. The van der Waals surface area contributed by atoms with Crippen LogP contribution < -0.4 is 10.2 Å². The van der Waals surface area contributed by atoms with Crippen LogP contribution in [0, 0.1) is 0 Å². The average Bonchev–Trinajstić information content (AvgIpc) is 3.13. The highest BCUT2D eigenvalue weighted by atomic mass is 35.5. The van der Waals surface area contributed by atoms with Gasteiger partial charge in [-0.25, -0.2) is 10.5 Å². The Bertz CT molecular complexity index is 895. The normalized spacial score (nSPS) is 11.4. The molecule has 0 unspecified atom stereocenters. The number of halogens is 1. The van der Waals surface area contributed by atoms with E-state index in [0.717, 1.165) is 33.4 Å². The summed E-state index contributed by atoms with van der Waals surface area (Å²) in [5.41, 5.74) is 5.83. The third-order valence-corrected chi connectivity index (χ3v) is 4.73. The average molecular weight is 388 g/mol. The van der Waals surface area contributed by atoms with Crippen LogP contribution in [0.2, 0.25) is 5.02 Å². The first kappa shape index (κ1) is 18.3. The minimum absolute atomic E-state index is 0.492. The lowest BCUT2D eigenvalue weighted by Crippen LogP contribution is -2.01. The molecule has 3 rings (SSSR count). The Morgan fingerprint density at radius 2 is 2.08 bits per heavy atom. The molecule has 8 heteroatoms. The molecule has 0 fully saturated rings. The van der Waals surface area contributed by atoms with Gasteiger partial charge in [0.25, 0.3) is 0 Å². The van der Waals surface area contributed by atoms with E-state index in [0.29, 0.717) is 11.1 Å². The van der Waals surface area contributed by atoms with Crippen LogP contribution in [-0.2, 0) is 5.75 Å². The summed E-state index contributed by atoms with van der Waals surface area (Å²) in [5, 5.41) is 12.7. The fraction of sp³-hybridized carbons (Fsp3) is 0.167. The fourth-order valence-corrected chi connectivity index (χ4v) is 3.02.